The lowest BCUT2D eigenvalue weighted by Crippen LogP contribution is -2.06. The van der Waals surface area contributed by atoms with Crippen molar-refractivity contribution in [2.45, 2.75) is 0 Å². The predicted molar refractivity (Wildman–Crippen MR) is 64.7 cm³/mol. The molecule has 0 atom stereocenters. The van der Waals surface area contributed by atoms with Gasteiger partial charge in [-0.3, -0.25) is 0 Å². The standard InChI is InChI=1S/C12H18O6/c1-15-9-7-12(18-6-4-14)10(16-2)8-11(9)17-5-3-13/h7-8,13-14H,3-6H2,1-2H3. The van der Waals surface area contributed by atoms with Crippen molar-refractivity contribution in [3.8, 4) is 23.0 Å². The van der Waals surface area contributed by atoms with Gasteiger partial charge in [0.15, 0.2) is 23.0 Å². The highest BCUT2D eigenvalue weighted by Crippen LogP contribution is 2.39. The molecule has 2 N–H and O–H groups in total. The second-order valence-electron chi connectivity index (χ2n) is 3.30. The van der Waals surface area contributed by atoms with E-state index in [1.165, 1.54) is 14.2 Å². The molecule has 0 heterocycles. The Kier molecular flexibility index (Phi) is 6.10. The number of aliphatic hydroxyl groups is 2. The van der Waals surface area contributed by atoms with E-state index in [0.717, 1.165) is 0 Å². The third-order valence-electron chi connectivity index (χ3n) is 2.15. The van der Waals surface area contributed by atoms with Gasteiger partial charge in [0.2, 0.25) is 0 Å². The van der Waals surface area contributed by atoms with Gasteiger partial charge in [-0.25, -0.2) is 0 Å². The Labute approximate surface area is 106 Å². The molecule has 0 spiro atoms. The monoisotopic (exact) mass is 258 g/mol. The first-order chi connectivity index (χ1) is 8.76. The molecule has 0 saturated carbocycles. The van der Waals surface area contributed by atoms with E-state index < -0.39 is 0 Å². The van der Waals surface area contributed by atoms with Crippen LogP contribution in [0.25, 0.3) is 0 Å². The summed E-state index contributed by atoms with van der Waals surface area (Å²) in [6.45, 7) is 0.148. The van der Waals surface area contributed by atoms with Gasteiger partial charge in [0.1, 0.15) is 13.2 Å². The van der Waals surface area contributed by atoms with Gasteiger partial charge in [0.25, 0.3) is 0 Å². The third-order valence-corrected chi connectivity index (χ3v) is 2.15. The zero-order chi connectivity index (χ0) is 13.4. The minimum atomic E-state index is -0.0891. The summed E-state index contributed by atoms with van der Waals surface area (Å²) in [6, 6.07) is 3.22. The van der Waals surface area contributed by atoms with Gasteiger partial charge in [-0.2, -0.15) is 0 Å². The molecular formula is C12H18O6. The zero-order valence-corrected chi connectivity index (χ0v) is 10.5. The summed E-state index contributed by atoms with van der Waals surface area (Å²) in [4.78, 5) is 0. The average Bonchev–Trinajstić information content (AvgIpc) is 2.42. The smallest absolute Gasteiger partial charge is 0.165 e. The molecule has 0 radical (unpaired) electrons. The Morgan fingerprint density at radius 1 is 0.778 bits per heavy atom. The highest BCUT2D eigenvalue weighted by Gasteiger charge is 2.13. The molecule has 6 heteroatoms. The van der Waals surface area contributed by atoms with E-state index in [2.05, 4.69) is 0 Å². The number of aliphatic hydroxyl groups excluding tert-OH is 2. The van der Waals surface area contributed by atoms with Crippen molar-refractivity contribution in [3.05, 3.63) is 12.1 Å². The Morgan fingerprint density at radius 3 is 1.44 bits per heavy atom. The molecule has 0 aromatic heterocycles. The van der Waals surface area contributed by atoms with Gasteiger partial charge < -0.3 is 29.2 Å². The van der Waals surface area contributed by atoms with Crippen LogP contribution in [0.4, 0.5) is 0 Å². The summed E-state index contributed by atoms with van der Waals surface area (Å²) < 4.78 is 21.0. The molecule has 1 aromatic rings. The van der Waals surface area contributed by atoms with Gasteiger partial charge in [-0.15, -0.1) is 0 Å². The lowest BCUT2D eigenvalue weighted by molar-refractivity contribution is 0.189. The number of benzene rings is 1. The minimum Gasteiger partial charge on any atom is -0.493 e. The summed E-state index contributed by atoms with van der Waals surface area (Å²) in [5.41, 5.74) is 0. The van der Waals surface area contributed by atoms with Crippen LogP contribution >= 0.6 is 0 Å². The number of hydrogen-bond acceptors (Lipinski definition) is 6. The molecule has 102 valence electrons. The molecular weight excluding hydrogens is 240 g/mol. The van der Waals surface area contributed by atoms with Gasteiger partial charge in [-0.1, -0.05) is 0 Å². The molecule has 18 heavy (non-hydrogen) atoms. The van der Waals surface area contributed by atoms with Crippen molar-refractivity contribution < 1.29 is 29.2 Å². The number of hydrogen-bond donors (Lipinski definition) is 2. The fraction of sp³-hybridized carbons (Fsp3) is 0.500. The van der Waals surface area contributed by atoms with Crippen LogP contribution in [0, 0.1) is 0 Å². The van der Waals surface area contributed by atoms with E-state index in [0.29, 0.717) is 23.0 Å². The van der Waals surface area contributed by atoms with E-state index in [1.54, 1.807) is 12.1 Å². The van der Waals surface area contributed by atoms with Crippen LogP contribution < -0.4 is 18.9 Å². The maximum absolute atomic E-state index is 8.74. The molecule has 0 fully saturated rings. The lowest BCUT2D eigenvalue weighted by atomic mass is 10.2. The van der Waals surface area contributed by atoms with E-state index in [1.807, 2.05) is 0 Å². The molecule has 0 aliphatic rings. The van der Waals surface area contributed by atoms with Gasteiger partial charge in [-0.05, 0) is 0 Å². The molecule has 0 unspecified atom stereocenters. The van der Waals surface area contributed by atoms with E-state index in [-0.39, 0.29) is 26.4 Å². The number of ether oxygens (including phenoxy) is 4. The van der Waals surface area contributed by atoms with Crippen molar-refractivity contribution in [1.82, 2.24) is 0 Å². The van der Waals surface area contributed by atoms with Crippen molar-refractivity contribution in [3.63, 3.8) is 0 Å². The maximum Gasteiger partial charge on any atom is 0.165 e. The molecule has 0 bridgehead atoms. The van der Waals surface area contributed by atoms with Crippen LogP contribution in [-0.2, 0) is 0 Å². The largest absolute Gasteiger partial charge is 0.493 e. The molecule has 0 aliphatic carbocycles. The number of rotatable bonds is 8. The highest BCUT2D eigenvalue weighted by molar-refractivity contribution is 5.54. The van der Waals surface area contributed by atoms with Crippen LogP contribution in [0.3, 0.4) is 0 Å². The average molecular weight is 258 g/mol. The fourth-order valence-electron chi connectivity index (χ4n) is 1.38. The zero-order valence-electron chi connectivity index (χ0n) is 10.5. The molecule has 0 aliphatic heterocycles. The van der Waals surface area contributed by atoms with Crippen LogP contribution in [-0.4, -0.2) is 50.9 Å². The topological polar surface area (TPSA) is 77.4 Å². The van der Waals surface area contributed by atoms with E-state index >= 15 is 0 Å². The Bertz CT molecular complexity index is 330. The maximum atomic E-state index is 8.74. The molecule has 0 saturated heterocycles. The number of methoxy groups -OCH3 is 2. The Hall–Kier alpha value is -1.66. The van der Waals surface area contributed by atoms with Crippen LogP contribution in [0.5, 0.6) is 23.0 Å². The van der Waals surface area contributed by atoms with Crippen LogP contribution in [0.1, 0.15) is 0 Å². The highest BCUT2D eigenvalue weighted by atomic mass is 16.5. The van der Waals surface area contributed by atoms with Crippen molar-refractivity contribution in [2.75, 3.05) is 40.6 Å². The minimum absolute atomic E-state index is 0.0891. The SMILES string of the molecule is COc1cc(OCCO)c(OC)cc1OCCO. The molecule has 6 nitrogen and oxygen atoms in total. The Balaban J connectivity index is 2.98. The first kappa shape index (κ1) is 14.4. The van der Waals surface area contributed by atoms with Crippen molar-refractivity contribution in [1.29, 1.82) is 0 Å². The van der Waals surface area contributed by atoms with Gasteiger partial charge in [0, 0.05) is 12.1 Å². The quantitative estimate of drug-likeness (QED) is 0.705. The summed E-state index contributed by atoms with van der Waals surface area (Å²) >= 11 is 0. The van der Waals surface area contributed by atoms with Crippen molar-refractivity contribution in [2.24, 2.45) is 0 Å². The second kappa shape index (κ2) is 7.62. The van der Waals surface area contributed by atoms with Gasteiger partial charge >= 0.3 is 0 Å². The summed E-state index contributed by atoms with van der Waals surface area (Å²) in [7, 11) is 3.01. The molecule has 0 amide bonds. The second-order valence-corrected chi connectivity index (χ2v) is 3.30. The fourth-order valence-corrected chi connectivity index (χ4v) is 1.38. The van der Waals surface area contributed by atoms with E-state index in [4.69, 9.17) is 29.2 Å². The van der Waals surface area contributed by atoms with Gasteiger partial charge in [0.05, 0.1) is 27.4 Å². The van der Waals surface area contributed by atoms with Crippen LogP contribution in [0.15, 0.2) is 12.1 Å². The summed E-state index contributed by atoms with van der Waals surface area (Å²) in [6.07, 6.45) is 0. The first-order valence-corrected chi connectivity index (χ1v) is 5.50. The van der Waals surface area contributed by atoms with Crippen molar-refractivity contribution >= 4 is 0 Å². The third kappa shape index (κ3) is 3.68. The van der Waals surface area contributed by atoms with Crippen LogP contribution in [0.2, 0.25) is 0 Å². The van der Waals surface area contributed by atoms with E-state index in [9.17, 15) is 0 Å². The lowest BCUT2D eigenvalue weighted by Gasteiger charge is -2.15. The first-order valence-electron chi connectivity index (χ1n) is 5.50. The normalized spacial score (nSPS) is 10.0. The predicted octanol–water partition coefficient (Wildman–Crippen LogP) is 0.446. The summed E-state index contributed by atoms with van der Waals surface area (Å²) in [5.74, 6) is 1.86. The Morgan fingerprint density at radius 2 is 1.17 bits per heavy atom. The molecule has 1 rings (SSSR count). The summed E-state index contributed by atoms with van der Waals surface area (Å²) in [5, 5.41) is 17.5. The molecule has 1 aromatic carbocycles.